The Balaban J connectivity index is 0.00000480. The summed E-state index contributed by atoms with van der Waals surface area (Å²) in [4.78, 5) is 4.39. The Kier molecular flexibility index (Phi) is 11.6. The van der Waals surface area contributed by atoms with E-state index < -0.39 is 10.0 Å². The minimum atomic E-state index is -3.53. The third kappa shape index (κ3) is 8.91. The molecule has 0 aliphatic rings. The molecule has 2 aromatic rings. The molecule has 1 atom stereocenters. The number of nitrogens with one attached hydrogen (secondary N) is 3. The predicted molar refractivity (Wildman–Crippen MR) is 134 cm³/mol. The third-order valence-corrected chi connectivity index (χ3v) is 5.70. The maximum atomic E-state index is 12.3. The highest BCUT2D eigenvalue weighted by Crippen LogP contribution is 2.26. The molecule has 10 heteroatoms. The van der Waals surface area contributed by atoms with Crippen LogP contribution in [0.4, 0.5) is 0 Å². The van der Waals surface area contributed by atoms with Crippen molar-refractivity contribution < 1.29 is 17.9 Å². The highest BCUT2D eigenvalue weighted by molar-refractivity contribution is 14.0. The molecule has 31 heavy (non-hydrogen) atoms. The molecule has 0 heterocycles. The van der Waals surface area contributed by atoms with Gasteiger partial charge in [0.15, 0.2) is 17.5 Å². The lowest BCUT2D eigenvalue weighted by Gasteiger charge is -2.19. The number of aliphatic imine (C=N–C) groups is 1. The molecule has 2 aromatic carbocycles. The minimum absolute atomic E-state index is 0. The summed E-state index contributed by atoms with van der Waals surface area (Å²) in [5.74, 6) is 1.90. The molecular weight excluding hydrogens is 531 g/mol. The molecule has 0 amide bonds. The standard InChI is InChI=1S/C21H30N4O4S.HI/c1-16-9-11-18(12-10-16)30(26,27)25-14-13-23-21(22-3)24-15-17(2)29-20-8-6-5-7-19(20)28-4;/h5-12,17,25H,13-15H2,1-4H3,(H2,22,23,24);1H. The van der Waals surface area contributed by atoms with E-state index in [0.717, 1.165) is 5.56 Å². The number of aryl methyl sites for hydroxylation is 1. The van der Waals surface area contributed by atoms with Gasteiger partial charge in [-0.25, -0.2) is 13.1 Å². The van der Waals surface area contributed by atoms with Crippen molar-refractivity contribution in [2.24, 2.45) is 4.99 Å². The zero-order valence-corrected chi connectivity index (χ0v) is 21.4. The van der Waals surface area contributed by atoms with Gasteiger partial charge in [0.2, 0.25) is 10.0 Å². The molecule has 0 aliphatic heterocycles. The van der Waals surface area contributed by atoms with E-state index in [0.29, 0.717) is 30.5 Å². The number of benzene rings is 2. The fourth-order valence-electron chi connectivity index (χ4n) is 2.60. The van der Waals surface area contributed by atoms with Gasteiger partial charge in [-0.05, 0) is 38.1 Å². The average molecular weight is 562 g/mol. The number of hydrogen-bond donors (Lipinski definition) is 3. The van der Waals surface area contributed by atoms with Gasteiger partial charge < -0.3 is 20.1 Å². The molecule has 172 valence electrons. The molecule has 1 unspecified atom stereocenters. The second-order valence-electron chi connectivity index (χ2n) is 6.67. The fraction of sp³-hybridized carbons (Fsp3) is 0.381. The highest BCUT2D eigenvalue weighted by Gasteiger charge is 2.13. The Bertz CT molecular complexity index is 937. The van der Waals surface area contributed by atoms with Crippen molar-refractivity contribution >= 4 is 40.0 Å². The number of ether oxygens (including phenoxy) is 2. The van der Waals surface area contributed by atoms with Crippen molar-refractivity contribution in [3.8, 4) is 11.5 Å². The van der Waals surface area contributed by atoms with E-state index in [1.54, 1.807) is 38.4 Å². The van der Waals surface area contributed by atoms with Crippen molar-refractivity contribution in [2.75, 3.05) is 33.8 Å². The van der Waals surface area contributed by atoms with Crippen molar-refractivity contribution in [1.82, 2.24) is 15.4 Å². The van der Waals surface area contributed by atoms with Gasteiger partial charge >= 0.3 is 0 Å². The van der Waals surface area contributed by atoms with Crippen LogP contribution in [0.5, 0.6) is 11.5 Å². The zero-order valence-electron chi connectivity index (χ0n) is 18.2. The van der Waals surface area contributed by atoms with Crippen molar-refractivity contribution in [1.29, 1.82) is 0 Å². The molecule has 0 aliphatic carbocycles. The summed E-state index contributed by atoms with van der Waals surface area (Å²) in [6, 6.07) is 14.2. The van der Waals surface area contributed by atoms with E-state index in [1.807, 2.05) is 38.1 Å². The summed E-state index contributed by atoms with van der Waals surface area (Å²) in [6.45, 7) is 4.96. The van der Waals surface area contributed by atoms with Crippen LogP contribution in [0, 0.1) is 6.92 Å². The van der Waals surface area contributed by atoms with Crippen LogP contribution >= 0.6 is 24.0 Å². The van der Waals surface area contributed by atoms with Crippen LogP contribution < -0.4 is 24.8 Å². The van der Waals surface area contributed by atoms with Crippen LogP contribution in [0.3, 0.4) is 0 Å². The summed E-state index contributed by atoms with van der Waals surface area (Å²) in [5.41, 5.74) is 1.01. The van der Waals surface area contributed by atoms with E-state index in [1.165, 1.54) is 0 Å². The van der Waals surface area contributed by atoms with Crippen molar-refractivity contribution in [3.63, 3.8) is 0 Å². The highest BCUT2D eigenvalue weighted by atomic mass is 127. The molecule has 0 saturated carbocycles. The van der Waals surface area contributed by atoms with Crippen LogP contribution in [0.15, 0.2) is 58.4 Å². The molecule has 0 saturated heterocycles. The zero-order chi connectivity index (χ0) is 22.0. The molecule has 0 fully saturated rings. The van der Waals surface area contributed by atoms with E-state index >= 15 is 0 Å². The lowest BCUT2D eigenvalue weighted by molar-refractivity contribution is 0.213. The van der Waals surface area contributed by atoms with Crippen LogP contribution in [0.25, 0.3) is 0 Å². The lowest BCUT2D eigenvalue weighted by Crippen LogP contribution is -2.44. The Morgan fingerprint density at radius 3 is 2.29 bits per heavy atom. The Morgan fingerprint density at radius 1 is 1.03 bits per heavy atom. The van der Waals surface area contributed by atoms with Gasteiger partial charge in [0, 0.05) is 20.1 Å². The topological polar surface area (TPSA) is 101 Å². The number of nitrogens with zero attached hydrogens (tertiary/aromatic N) is 1. The summed E-state index contributed by atoms with van der Waals surface area (Å²) in [5, 5.41) is 6.23. The van der Waals surface area contributed by atoms with Gasteiger partial charge in [-0.3, -0.25) is 4.99 Å². The maximum absolute atomic E-state index is 12.3. The molecule has 8 nitrogen and oxygen atoms in total. The summed E-state index contributed by atoms with van der Waals surface area (Å²) >= 11 is 0. The molecule has 0 bridgehead atoms. The number of halogens is 1. The first-order valence-electron chi connectivity index (χ1n) is 9.66. The second kappa shape index (κ2) is 13.4. The Morgan fingerprint density at radius 2 is 1.68 bits per heavy atom. The van der Waals surface area contributed by atoms with Gasteiger partial charge in [0.05, 0.1) is 18.6 Å². The fourth-order valence-corrected chi connectivity index (χ4v) is 3.63. The van der Waals surface area contributed by atoms with Crippen molar-refractivity contribution in [2.45, 2.75) is 24.8 Å². The molecule has 0 aromatic heterocycles. The van der Waals surface area contributed by atoms with E-state index in [4.69, 9.17) is 9.47 Å². The summed E-state index contributed by atoms with van der Waals surface area (Å²) < 4.78 is 38.3. The number of methoxy groups -OCH3 is 1. The van der Waals surface area contributed by atoms with Crippen LogP contribution in [0.1, 0.15) is 12.5 Å². The minimum Gasteiger partial charge on any atom is -0.493 e. The Hall–Kier alpha value is -2.05. The predicted octanol–water partition coefficient (Wildman–Crippen LogP) is 2.53. The first-order valence-corrected chi connectivity index (χ1v) is 11.1. The van der Waals surface area contributed by atoms with Crippen LogP contribution in [-0.4, -0.2) is 54.3 Å². The van der Waals surface area contributed by atoms with Crippen molar-refractivity contribution in [3.05, 3.63) is 54.1 Å². The normalized spacial score (nSPS) is 12.5. The quantitative estimate of drug-likeness (QED) is 0.178. The van der Waals surface area contributed by atoms with Gasteiger partial charge in [-0.15, -0.1) is 24.0 Å². The average Bonchev–Trinajstić information content (AvgIpc) is 2.74. The van der Waals surface area contributed by atoms with E-state index in [-0.39, 0.29) is 41.5 Å². The largest absolute Gasteiger partial charge is 0.493 e. The number of rotatable bonds is 10. The van der Waals surface area contributed by atoms with E-state index in [9.17, 15) is 8.42 Å². The Labute approximate surface area is 201 Å². The first kappa shape index (κ1) is 27.0. The lowest BCUT2D eigenvalue weighted by atomic mass is 10.2. The number of hydrogen-bond acceptors (Lipinski definition) is 5. The number of sulfonamides is 1. The number of para-hydroxylation sites is 2. The van der Waals surface area contributed by atoms with Gasteiger partial charge in [-0.1, -0.05) is 29.8 Å². The summed E-state index contributed by atoms with van der Waals surface area (Å²) in [7, 11) is -0.279. The van der Waals surface area contributed by atoms with Crippen LogP contribution in [-0.2, 0) is 10.0 Å². The first-order chi connectivity index (χ1) is 14.4. The monoisotopic (exact) mass is 562 g/mol. The SMILES string of the molecule is CN=C(NCCNS(=O)(=O)c1ccc(C)cc1)NCC(C)Oc1ccccc1OC.I. The molecule has 2 rings (SSSR count). The number of guanidine groups is 1. The van der Waals surface area contributed by atoms with E-state index in [2.05, 4.69) is 20.3 Å². The maximum Gasteiger partial charge on any atom is 0.240 e. The van der Waals surface area contributed by atoms with Crippen LogP contribution in [0.2, 0.25) is 0 Å². The molecular formula is C21H31IN4O4S. The second-order valence-corrected chi connectivity index (χ2v) is 8.44. The van der Waals surface area contributed by atoms with Gasteiger partial charge in [-0.2, -0.15) is 0 Å². The summed E-state index contributed by atoms with van der Waals surface area (Å²) in [6.07, 6.45) is -0.139. The molecule has 3 N–H and O–H groups in total. The molecule has 0 radical (unpaired) electrons. The smallest absolute Gasteiger partial charge is 0.240 e. The van der Waals surface area contributed by atoms with Gasteiger partial charge in [0.1, 0.15) is 6.10 Å². The molecule has 0 spiro atoms. The third-order valence-electron chi connectivity index (χ3n) is 4.22. The van der Waals surface area contributed by atoms with Gasteiger partial charge in [0.25, 0.3) is 0 Å².